The average molecular weight is 631 g/mol. The molecule has 44 heavy (non-hydrogen) atoms. The number of nitrogens with zero attached hydrogens (tertiary/aromatic N) is 2. The Balaban J connectivity index is 1.58. The molecular weight excluding hydrogens is 594 g/mol. The van der Waals surface area contributed by atoms with Gasteiger partial charge in [0.25, 0.3) is 0 Å². The maximum Gasteiger partial charge on any atom is 0.416 e. The zero-order chi connectivity index (χ0) is 32.4. The second-order valence-electron chi connectivity index (χ2n) is 11.5. The van der Waals surface area contributed by atoms with Crippen LogP contribution in [0.5, 0.6) is 5.75 Å². The van der Waals surface area contributed by atoms with Crippen molar-refractivity contribution in [3.63, 3.8) is 0 Å². The fraction of sp³-hybridized carbons (Fsp3) is 0.548. The highest BCUT2D eigenvalue weighted by molar-refractivity contribution is 5.72. The van der Waals surface area contributed by atoms with Crippen LogP contribution in [0.4, 0.5) is 36.8 Å². The third-order valence-corrected chi connectivity index (χ3v) is 8.59. The first kappa shape index (κ1) is 33.3. The van der Waals surface area contributed by atoms with Crippen LogP contribution in [0.15, 0.2) is 36.4 Å². The van der Waals surface area contributed by atoms with Crippen molar-refractivity contribution in [2.75, 3.05) is 25.1 Å². The zero-order valence-electron chi connectivity index (χ0n) is 24.7. The summed E-state index contributed by atoms with van der Waals surface area (Å²) >= 11 is 0. The first-order valence-corrected chi connectivity index (χ1v) is 14.5. The van der Waals surface area contributed by atoms with E-state index in [-0.39, 0.29) is 24.9 Å². The predicted molar refractivity (Wildman–Crippen MR) is 149 cm³/mol. The minimum absolute atomic E-state index is 0.0179. The Morgan fingerprint density at radius 1 is 1.00 bits per heavy atom. The molecule has 0 aromatic heterocycles. The number of carboxylic acid groups (broad SMARTS) is 1. The van der Waals surface area contributed by atoms with Crippen molar-refractivity contribution in [2.45, 2.75) is 77.0 Å². The number of carbonyl (C=O) groups excluding carboxylic acids is 1. The van der Waals surface area contributed by atoms with Crippen molar-refractivity contribution in [1.82, 2.24) is 4.90 Å². The van der Waals surface area contributed by atoms with E-state index in [1.807, 2.05) is 13.0 Å². The lowest BCUT2D eigenvalue weighted by molar-refractivity contribution is -0.143. The number of amides is 1. The molecule has 7 nitrogen and oxygen atoms in total. The van der Waals surface area contributed by atoms with Crippen LogP contribution in [0.2, 0.25) is 0 Å². The molecule has 0 unspecified atom stereocenters. The largest absolute Gasteiger partial charge is 0.497 e. The lowest BCUT2D eigenvalue weighted by atomic mass is 9.80. The standard InChI is InChI=1S/C31H36F6N2O5/c1-4-38(16-20-7-5-19(6-8-20)11-27(40)41)26-10-9-25(43-3)14-22(26)17-39-18(2)28(44-29(39)42)21-12-23(30(32,33)34)15-24(13-21)31(35,36)37/h9-10,12-15,18-20,28H,4-8,11,16-17H2,1-3H3,(H,40,41)/t18-,19-,20-,28-/m0/s1. The van der Waals surface area contributed by atoms with Crippen LogP contribution in [0.1, 0.15) is 74.3 Å². The van der Waals surface area contributed by atoms with E-state index in [9.17, 15) is 35.9 Å². The van der Waals surface area contributed by atoms with Gasteiger partial charge in [-0.05, 0) is 98.9 Å². The van der Waals surface area contributed by atoms with E-state index in [0.29, 0.717) is 42.5 Å². The van der Waals surface area contributed by atoms with Gasteiger partial charge in [0.2, 0.25) is 0 Å². The van der Waals surface area contributed by atoms with Crippen LogP contribution in [-0.4, -0.2) is 48.3 Å². The van der Waals surface area contributed by atoms with Gasteiger partial charge in [0, 0.05) is 25.2 Å². The van der Waals surface area contributed by atoms with Crippen molar-refractivity contribution in [3.05, 3.63) is 58.7 Å². The Morgan fingerprint density at radius 2 is 1.59 bits per heavy atom. The molecule has 2 aliphatic rings. The molecule has 0 spiro atoms. The number of carboxylic acids is 1. The van der Waals surface area contributed by atoms with E-state index in [1.54, 1.807) is 12.1 Å². The Labute approximate surface area is 251 Å². The smallest absolute Gasteiger partial charge is 0.416 e. The summed E-state index contributed by atoms with van der Waals surface area (Å²) in [5, 5.41) is 9.12. The average Bonchev–Trinajstić information content (AvgIpc) is 3.24. The van der Waals surface area contributed by atoms with Gasteiger partial charge in [-0.25, -0.2) is 4.79 Å². The third kappa shape index (κ3) is 7.71. The summed E-state index contributed by atoms with van der Waals surface area (Å²) in [6, 6.07) is 5.73. The van der Waals surface area contributed by atoms with Gasteiger partial charge in [-0.15, -0.1) is 0 Å². The Bertz CT molecular complexity index is 1310. The number of benzene rings is 2. The van der Waals surface area contributed by atoms with E-state index in [4.69, 9.17) is 14.6 Å². The molecule has 1 aliphatic carbocycles. The van der Waals surface area contributed by atoms with Gasteiger partial charge < -0.3 is 19.5 Å². The highest BCUT2D eigenvalue weighted by atomic mass is 19.4. The van der Waals surface area contributed by atoms with Crippen LogP contribution in [-0.2, 0) is 28.4 Å². The van der Waals surface area contributed by atoms with Gasteiger partial charge in [0.05, 0.1) is 30.8 Å². The molecule has 1 heterocycles. The molecule has 2 fully saturated rings. The number of hydrogen-bond acceptors (Lipinski definition) is 5. The van der Waals surface area contributed by atoms with Crippen molar-refractivity contribution >= 4 is 17.7 Å². The molecule has 0 radical (unpaired) electrons. The monoisotopic (exact) mass is 630 g/mol. The second kappa shape index (κ2) is 13.2. The quantitative estimate of drug-likeness (QED) is 0.269. The molecule has 1 N–H and O–H groups in total. The highest BCUT2D eigenvalue weighted by Gasteiger charge is 2.43. The topological polar surface area (TPSA) is 79.3 Å². The first-order valence-electron chi connectivity index (χ1n) is 14.5. The van der Waals surface area contributed by atoms with Gasteiger partial charge in [0.15, 0.2) is 0 Å². The normalized spacial score (nSPS) is 22.6. The number of anilines is 1. The van der Waals surface area contributed by atoms with E-state index in [2.05, 4.69) is 4.90 Å². The summed E-state index contributed by atoms with van der Waals surface area (Å²) in [4.78, 5) is 27.6. The molecule has 0 bridgehead atoms. The SMILES string of the molecule is CCN(C[C@H]1CC[C@H](CC(=O)O)CC1)c1ccc(OC)cc1CN1C(=O)O[C@H](c2cc(C(F)(F)F)cc(C(F)(F)F)c2)[C@@H]1C. The highest BCUT2D eigenvalue weighted by Crippen LogP contribution is 2.42. The minimum atomic E-state index is -5.03. The first-order chi connectivity index (χ1) is 20.6. The number of carbonyl (C=O) groups is 2. The fourth-order valence-corrected chi connectivity index (χ4v) is 6.18. The van der Waals surface area contributed by atoms with Crippen molar-refractivity contribution in [3.8, 4) is 5.75 Å². The molecule has 1 saturated carbocycles. The number of alkyl halides is 6. The summed E-state index contributed by atoms with van der Waals surface area (Å²) in [5.41, 5.74) is -1.86. The van der Waals surface area contributed by atoms with Crippen molar-refractivity contribution in [1.29, 1.82) is 0 Å². The number of aliphatic carboxylic acids is 1. The Kier molecular flexibility index (Phi) is 9.94. The van der Waals surface area contributed by atoms with E-state index in [1.165, 1.54) is 18.9 Å². The summed E-state index contributed by atoms with van der Waals surface area (Å²) in [5.74, 6) is 0.212. The number of cyclic esters (lactones) is 1. The lowest BCUT2D eigenvalue weighted by Gasteiger charge is -2.34. The van der Waals surface area contributed by atoms with Crippen molar-refractivity contribution in [2.24, 2.45) is 11.8 Å². The molecule has 1 aliphatic heterocycles. The summed E-state index contributed by atoms with van der Waals surface area (Å²) in [6.45, 7) is 4.81. The van der Waals surface area contributed by atoms with Crippen LogP contribution < -0.4 is 9.64 Å². The van der Waals surface area contributed by atoms with Gasteiger partial charge in [-0.1, -0.05) is 0 Å². The van der Waals surface area contributed by atoms with E-state index >= 15 is 0 Å². The second-order valence-corrected chi connectivity index (χ2v) is 11.5. The lowest BCUT2D eigenvalue weighted by Crippen LogP contribution is -2.35. The summed E-state index contributed by atoms with van der Waals surface area (Å²) in [7, 11) is 1.49. The number of methoxy groups -OCH3 is 1. The van der Waals surface area contributed by atoms with Crippen molar-refractivity contribution < 1.29 is 50.5 Å². The number of hydrogen-bond donors (Lipinski definition) is 1. The predicted octanol–water partition coefficient (Wildman–Crippen LogP) is 7.92. The molecule has 1 saturated heterocycles. The Morgan fingerprint density at radius 3 is 2.11 bits per heavy atom. The maximum absolute atomic E-state index is 13.5. The fourth-order valence-electron chi connectivity index (χ4n) is 6.18. The molecule has 2 atom stereocenters. The zero-order valence-corrected chi connectivity index (χ0v) is 24.7. The summed E-state index contributed by atoms with van der Waals surface area (Å²) < 4.78 is 91.8. The maximum atomic E-state index is 13.5. The van der Waals surface area contributed by atoms with E-state index in [0.717, 1.165) is 31.4 Å². The van der Waals surface area contributed by atoms with Gasteiger partial charge in [-0.3, -0.25) is 9.69 Å². The molecule has 4 rings (SSSR count). The van der Waals surface area contributed by atoms with E-state index < -0.39 is 53.3 Å². The number of rotatable bonds is 10. The minimum Gasteiger partial charge on any atom is -0.497 e. The molecule has 1 amide bonds. The number of halogens is 6. The van der Waals surface area contributed by atoms with Crippen LogP contribution in [0.25, 0.3) is 0 Å². The molecule has 2 aromatic rings. The molecule has 2 aromatic carbocycles. The van der Waals surface area contributed by atoms with Gasteiger partial charge in [-0.2, -0.15) is 26.3 Å². The molecule has 242 valence electrons. The van der Waals surface area contributed by atoms with Crippen LogP contribution in [0.3, 0.4) is 0 Å². The summed E-state index contributed by atoms with van der Waals surface area (Å²) in [6.07, 6.45) is -8.70. The van der Waals surface area contributed by atoms with Crippen LogP contribution in [0, 0.1) is 11.8 Å². The Hall–Kier alpha value is -3.64. The van der Waals surface area contributed by atoms with Gasteiger partial charge >= 0.3 is 24.4 Å². The molecule has 13 heteroatoms. The molecular formula is C31H36F6N2O5. The van der Waals surface area contributed by atoms with Crippen LogP contribution >= 0.6 is 0 Å². The third-order valence-electron chi connectivity index (χ3n) is 8.59. The van der Waals surface area contributed by atoms with Gasteiger partial charge in [0.1, 0.15) is 11.9 Å². The number of ether oxygens (including phenoxy) is 2.